The van der Waals surface area contributed by atoms with Crippen molar-refractivity contribution < 1.29 is 35.2 Å². The standard InChI is InChI=1S/C6H11N3O7/c7-9-8-3-5(11)4(10)2(1-14-16-13)15-6(3)12/h2-6,10-13H,1H2/t2?,3?,4-,5-,6-/m1/s1. The molecule has 16 heavy (non-hydrogen) atoms. The first-order valence-corrected chi connectivity index (χ1v) is 4.28. The number of ether oxygens (including phenoxy) is 1. The second-order valence-corrected chi connectivity index (χ2v) is 3.10. The Morgan fingerprint density at radius 2 is 2.00 bits per heavy atom. The Bertz CT molecular complexity index is 271. The minimum absolute atomic E-state index is 0.422. The molecular weight excluding hydrogens is 226 g/mol. The van der Waals surface area contributed by atoms with Gasteiger partial charge < -0.3 is 20.1 Å². The third-order valence-electron chi connectivity index (χ3n) is 2.16. The molecule has 1 saturated heterocycles. The van der Waals surface area contributed by atoms with E-state index < -0.39 is 37.3 Å². The second kappa shape index (κ2) is 5.94. The summed E-state index contributed by atoms with van der Waals surface area (Å²) in [6.45, 7) is -0.422. The zero-order valence-electron chi connectivity index (χ0n) is 7.95. The van der Waals surface area contributed by atoms with Crippen LogP contribution in [-0.2, 0) is 14.7 Å². The lowest BCUT2D eigenvalue weighted by molar-refractivity contribution is -0.498. The minimum atomic E-state index is -1.58. The lowest BCUT2D eigenvalue weighted by Gasteiger charge is -2.38. The third kappa shape index (κ3) is 2.78. The number of nitrogens with zero attached hydrogens (tertiary/aromatic N) is 3. The van der Waals surface area contributed by atoms with Crippen LogP contribution in [-0.4, -0.2) is 57.8 Å². The molecule has 10 nitrogen and oxygen atoms in total. The van der Waals surface area contributed by atoms with Gasteiger partial charge in [-0.2, -0.15) is 0 Å². The van der Waals surface area contributed by atoms with Crippen molar-refractivity contribution in [1.82, 2.24) is 0 Å². The van der Waals surface area contributed by atoms with Gasteiger partial charge in [0.25, 0.3) is 0 Å². The fourth-order valence-electron chi connectivity index (χ4n) is 1.35. The van der Waals surface area contributed by atoms with Crippen molar-refractivity contribution in [2.24, 2.45) is 5.11 Å². The largest absolute Gasteiger partial charge is 0.390 e. The summed E-state index contributed by atoms with van der Waals surface area (Å²) in [6.07, 6.45) is -5.66. The number of hydrogen-bond acceptors (Lipinski definition) is 8. The minimum Gasteiger partial charge on any atom is -0.390 e. The monoisotopic (exact) mass is 237 g/mol. The first-order valence-electron chi connectivity index (χ1n) is 4.28. The first-order chi connectivity index (χ1) is 7.61. The van der Waals surface area contributed by atoms with Crippen LogP contribution in [0.5, 0.6) is 0 Å². The van der Waals surface area contributed by atoms with Gasteiger partial charge in [0.2, 0.25) is 0 Å². The van der Waals surface area contributed by atoms with Crippen molar-refractivity contribution in [2.75, 3.05) is 6.61 Å². The van der Waals surface area contributed by atoms with Gasteiger partial charge in [-0.15, -0.1) is 0 Å². The molecule has 0 aliphatic carbocycles. The van der Waals surface area contributed by atoms with Crippen LogP contribution in [0.15, 0.2) is 5.11 Å². The molecule has 0 radical (unpaired) electrons. The molecule has 0 amide bonds. The molecule has 5 atom stereocenters. The van der Waals surface area contributed by atoms with Crippen molar-refractivity contribution in [3.63, 3.8) is 0 Å². The highest BCUT2D eigenvalue weighted by atomic mass is 17.5. The van der Waals surface area contributed by atoms with E-state index in [4.69, 9.17) is 15.5 Å². The highest BCUT2D eigenvalue weighted by Crippen LogP contribution is 2.22. The van der Waals surface area contributed by atoms with Gasteiger partial charge >= 0.3 is 0 Å². The van der Waals surface area contributed by atoms with E-state index in [2.05, 4.69) is 20.0 Å². The molecule has 92 valence electrons. The molecule has 2 unspecified atom stereocenters. The normalized spacial score (nSPS) is 39.1. The summed E-state index contributed by atoms with van der Waals surface area (Å²) in [7, 11) is 0. The molecule has 10 heteroatoms. The van der Waals surface area contributed by atoms with Gasteiger partial charge in [-0.05, 0) is 5.53 Å². The molecule has 1 aliphatic rings. The number of azide groups is 1. The molecule has 1 heterocycles. The van der Waals surface area contributed by atoms with E-state index in [0.717, 1.165) is 0 Å². The van der Waals surface area contributed by atoms with Gasteiger partial charge in [-0.3, -0.25) is 0 Å². The second-order valence-electron chi connectivity index (χ2n) is 3.10. The van der Waals surface area contributed by atoms with Gasteiger partial charge in [0.05, 0.1) is 6.10 Å². The van der Waals surface area contributed by atoms with E-state index in [1.165, 1.54) is 0 Å². The predicted octanol–water partition coefficient (Wildman–Crippen LogP) is -1.47. The Balaban J connectivity index is 2.66. The quantitative estimate of drug-likeness (QED) is 0.153. The van der Waals surface area contributed by atoms with E-state index >= 15 is 0 Å². The smallest absolute Gasteiger partial charge is 0.166 e. The highest BCUT2D eigenvalue weighted by Gasteiger charge is 2.43. The van der Waals surface area contributed by atoms with E-state index in [1.54, 1.807) is 0 Å². The van der Waals surface area contributed by atoms with Gasteiger partial charge in [-0.1, -0.05) is 10.2 Å². The van der Waals surface area contributed by atoms with Gasteiger partial charge in [0, 0.05) is 4.91 Å². The fourth-order valence-corrected chi connectivity index (χ4v) is 1.35. The van der Waals surface area contributed by atoms with Gasteiger partial charge in [0.15, 0.2) is 6.29 Å². The number of aliphatic hydroxyl groups excluding tert-OH is 3. The lowest BCUT2D eigenvalue weighted by Crippen LogP contribution is -2.57. The Morgan fingerprint density at radius 3 is 2.56 bits per heavy atom. The average Bonchev–Trinajstić information content (AvgIpc) is 2.27. The SMILES string of the molecule is [N-]=[N+]=NC1[C@H](O)OC(COOO)[C@@H](O)[C@@H]1O. The molecule has 0 aromatic rings. The summed E-state index contributed by atoms with van der Waals surface area (Å²) in [5.74, 6) is 0. The van der Waals surface area contributed by atoms with Crippen molar-refractivity contribution in [3.05, 3.63) is 10.4 Å². The number of hydrogen-bond donors (Lipinski definition) is 4. The zero-order valence-corrected chi connectivity index (χ0v) is 7.95. The number of aliphatic hydroxyl groups is 3. The third-order valence-corrected chi connectivity index (χ3v) is 2.16. The van der Waals surface area contributed by atoms with Crippen LogP contribution >= 0.6 is 0 Å². The van der Waals surface area contributed by atoms with Crippen LogP contribution in [0, 0.1) is 0 Å². The van der Waals surface area contributed by atoms with E-state index in [-0.39, 0.29) is 0 Å². The Kier molecular flexibility index (Phi) is 4.86. The first kappa shape index (κ1) is 13.1. The van der Waals surface area contributed by atoms with E-state index in [1.807, 2.05) is 0 Å². The van der Waals surface area contributed by atoms with Crippen LogP contribution in [0.4, 0.5) is 0 Å². The molecule has 0 bridgehead atoms. The maximum Gasteiger partial charge on any atom is 0.166 e. The summed E-state index contributed by atoms with van der Waals surface area (Å²) in [5.41, 5.74) is 8.17. The van der Waals surface area contributed by atoms with E-state index in [9.17, 15) is 15.3 Å². The van der Waals surface area contributed by atoms with Gasteiger partial charge in [-0.25, -0.2) is 10.1 Å². The topological polar surface area (TPSA) is 157 Å². The Morgan fingerprint density at radius 1 is 1.31 bits per heavy atom. The summed E-state index contributed by atoms with van der Waals surface area (Å²) in [5, 5.41) is 42.6. The lowest BCUT2D eigenvalue weighted by atomic mass is 9.98. The molecule has 0 aromatic carbocycles. The van der Waals surface area contributed by atoms with Crippen molar-refractivity contribution in [1.29, 1.82) is 0 Å². The van der Waals surface area contributed by atoms with Crippen molar-refractivity contribution in [2.45, 2.75) is 30.6 Å². The van der Waals surface area contributed by atoms with Crippen LogP contribution in [0.25, 0.3) is 10.4 Å². The van der Waals surface area contributed by atoms with Crippen molar-refractivity contribution in [3.8, 4) is 0 Å². The fraction of sp³-hybridized carbons (Fsp3) is 1.00. The van der Waals surface area contributed by atoms with Crippen molar-refractivity contribution >= 4 is 0 Å². The average molecular weight is 237 g/mol. The highest BCUT2D eigenvalue weighted by molar-refractivity contribution is 4.92. The molecular formula is C6H11N3O7. The molecule has 1 aliphatic heterocycles. The molecule has 1 rings (SSSR count). The summed E-state index contributed by atoms with van der Waals surface area (Å²) in [4.78, 5) is 6.48. The van der Waals surface area contributed by atoms with Crippen LogP contribution in [0.3, 0.4) is 0 Å². The zero-order chi connectivity index (χ0) is 12.1. The molecule has 0 saturated carbocycles. The molecule has 0 spiro atoms. The number of rotatable bonds is 4. The Labute approximate surface area is 89.1 Å². The summed E-state index contributed by atoms with van der Waals surface area (Å²) < 4.78 is 4.80. The summed E-state index contributed by atoms with van der Waals surface area (Å²) >= 11 is 0. The van der Waals surface area contributed by atoms with Gasteiger partial charge in [0.1, 0.15) is 24.9 Å². The Hall–Kier alpha value is -0.970. The molecule has 0 aromatic heterocycles. The maximum atomic E-state index is 9.50. The summed E-state index contributed by atoms with van der Waals surface area (Å²) in [6, 6.07) is -1.31. The van der Waals surface area contributed by atoms with Crippen LogP contribution in [0.1, 0.15) is 0 Å². The molecule has 1 fully saturated rings. The van der Waals surface area contributed by atoms with Crippen LogP contribution < -0.4 is 0 Å². The van der Waals surface area contributed by atoms with E-state index in [0.29, 0.717) is 0 Å². The van der Waals surface area contributed by atoms with Crippen LogP contribution in [0.2, 0.25) is 0 Å². The maximum absolute atomic E-state index is 9.50. The predicted molar refractivity (Wildman–Crippen MR) is 45.5 cm³/mol. The molecule has 4 N–H and O–H groups in total.